The second-order valence-corrected chi connectivity index (χ2v) is 7.25. The van der Waals surface area contributed by atoms with Crippen molar-refractivity contribution >= 4 is 17.5 Å². The molecule has 0 spiro atoms. The minimum atomic E-state index is -1.02. The number of anilines is 1. The Bertz CT molecular complexity index is 1250. The lowest BCUT2D eigenvalue weighted by molar-refractivity contribution is 0.0745. The van der Waals surface area contributed by atoms with Crippen molar-refractivity contribution < 1.29 is 13.6 Å². The summed E-state index contributed by atoms with van der Waals surface area (Å²) in [6.45, 7) is 2.00. The standard InChI is InChI=1S/C22H18F2N6O/c23-17-7-6-16(12-18(17)24)21(31)29-10-8-28(9-11-29)20-13-19(15-4-2-1-3-5-15)27-22-25-14-26-30(20)22/h1-7,12-14H,8-11H2. The average Bonchev–Trinajstić information content (AvgIpc) is 3.29. The molecule has 0 N–H and O–H groups in total. The number of carbonyl (C=O) groups excluding carboxylic acids is 1. The summed E-state index contributed by atoms with van der Waals surface area (Å²) in [6, 6.07) is 15.0. The van der Waals surface area contributed by atoms with Gasteiger partial charge in [0.05, 0.1) is 5.69 Å². The number of aromatic nitrogens is 4. The van der Waals surface area contributed by atoms with E-state index in [9.17, 15) is 13.6 Å². The molecule has 3 heterocycles. The maximum absolute atomic E-state index is 13.5. The van der Waals surface area contributed by atoms with Gasteiger partial charge in [-0.1, -0.05) is 30.3 Å². The molecule has 1 aliphatic rings. The molecule has 0 unspecified atom stereocenters. The zero-order valence-corrected chi connectivity index (χ0v) is 16.4. The van der Waals surface area contributed by atoms with E-state index in [1.54, 1.807) is 9.42 Å². The van der Waals surface area contributed by atoms with Crippen molar-refractivity contribution in [1.29, 1.82) is 0 Å². The lowest BCUT2D eigenvalue weighted by Gasteiger charge is -2.36. The molecule has 156 valence electrons. The molecule has 1 fully saturated rings. The molecule has 9 heteroatoms. The van der Waals surface area contributed by atoms with Gasteiger partial charge >= 0.3 is 0 Å². The van der Waals surface area contributed by atoms with Gasteiger partial charge in [-0.3, -0.25) is 4.79 Å². The first-order chi connectivity index (χ1) is 15.1. The zero-order chi connectivity index (χ0) is 21.4. The van der Waals surface area contributed by atoms with Crippen LogP contribution >= 0.6 is 0 Å². The first kappa shape index (κ1) is 19.1. The lowest BCUT2D eigenvalue weighted by atomic mass is 10.1. The van der Waals surface area contributed by atoms with Crippen molar-refractivity contribution in [3.63, 3.8) is 0 Å². The maximum atomic E-state index is 13.5. The highest BCUT2D eigenvalue weighted by Gasteiger charge is 2.25. The fraction of sp³-hybridized carbons (Fsp3) is 0.182. The third kappa shape index (κ3) is 3.58. The van der Waals surface area contributed by atoms with Crippen molar-refractivity contribution in [1.82, 2.24) is 24.5 Å². The number of hydrogen-bond donors (Lipinski definition) is 0. The van der Waals surface area contributed by atoms with Gasteiger partial charge in [-0.25, -0.2) is 13.8 Å². The van der Waals surface area contributed by atoms with E-state index < -0.39 is 11.6 Å². The summed E-state index contributed by atoms with van der Waals surface area (Å²) in [4.78, 5) is 25.3. The fourth-order valence-corrected chi connectivity index (χ4v) is 3.73. The first-order valence-electron chi connectivity index (χ1n) is 9.85. The van der Waals surface area contributed by atoms with E-state index in [0.717, 1.165) is 29.2 Å². The predicted octanol–water partition coefficient (Wildman–Crippen LogP) is 3.03. The van der Waals surface area contributed by atoms with Gasteiger partial charge in [0, 0.05) is 43.4 Å². The SMILES string of the molecule is O=C(c1ccc(F)c(F)c1)N1CCN(c2cc(-c3ccccc3)nc3ncnn23)CC1. The van der Waals surface area contributed by atoms with Crippen LogP contribution in [0.2, 0.25) is 0 Å². The van der Waals surface area contributed by atoms with Gasteiger partial charge < -0.3 is 9.80 Å². The third-order valence-corrected chi connectivity index (χ3v) is 5.36. The van der Waals surface area contributed by atoms with Crippen LogP contribution in [0.25, 0.3) is 17.0 Å². The molecule has 0 bridgehead atoms. The van der Waals surface area contributed by atoms with E-state index in [4.69, 9.17) is 0 Å². The first-order valence-corrected chi connectivity index (χ1v) is 9.85. The smallest absolute Gasteiger partial charge is 0.254 e. The summed E-state index contributed by atoms with van der Waals surface area (Å²) >= 11 is 0. The molecule has 31 heavy (non-hydrogen) atoms. The molecule has 1 saturated heterocycles. The Morgan fingerprint density at radius 2 is 1.68 bits per heavy atom. The summed E-state index contributed by atoms with van der Waals surface area (Å²) in [5, 5.41) is 4.29. The largest absolute Gasteiger partial charge is 0.353 e. The monoisotopic (exact) mass is 420 g/mol. The van der Waals surface area contributed by atoms with Gasteiger partial charge in [-0.15, -0.1) is 0 Å². The Labute approximate surface area is 176 Å². The van der Waals surface area contributed by atoms with E-state index in [2.05, 4.69) is 20.0 Å². The number of nitrogens with zero attached hydrogens (tertiary/aromatic N) is 6. The second kappa shape index (κ2) is 7.75. The van der Waals surface area contributed by atoms with Crippen LogP contribution in [0.1, 0.15) is 10.4 Å². The summed E-state index contributed by atoms with van der Waals surface area (Å²) < 4.78 is 28.4. The molecule has 2 aromatic heterocycles. The van der Waals surface area contributed by atoms with E-state index in [1.165, 1.54) is 12.4 Å². The Hall–Kier alpha value is -3.88. The maximum Gasteiger partial charge on any atom is 0.254 e. The van der Waals surface area contributed by atoms with Gasteiger partial charge in [0.15, 0.2) is 11.6 Å². The van der Waals surface area contributed by atoms with Gasteiger partial charge in [-0.05, 0) is 18.2 Å². The van der Waals surface area contributed by atoms with Gasteiger partial charge in [0.2, 0.25) is 0 Å². The van der Waals surface area contributed by atoms with Crippen molar-refractivity contribution in [2.45, 2.75) is 0 Å². The molecule has 1 amide bonds. The highest BCUT2D eigenvalue weighted by Crippen LogP contribution is 2.25. The van der Waals surface area contributed by atoms with Crippen LogP contribution in [0.4, 0.5) is 14.6 Å². The number of amides is 1. The summed E-state index contributed by atoms with van der Waals surface area (Å²) in [5.41, 5.74) is 1.90. The van der Waals surface area contributed by atoms with Gasteiger partial charge in [-0.2, -0.15) is 14.6 Å². The van der Waals surface area contributed by atoms with Crippen LogP contribution in [0.15, 0.2) is 60.9 Å². The molecule has 2 aromatic carbocycles. The summed E-state index contributed by atoms with van der Waals surface area (Å²) in [6.07, 6.45) is 1.46. The minimum Gasteiger partial charge on any atom is -0.353 e. The number of carbonyl (C=O) groups is 1. The molecular weight excluding hydrogens is 402 g/mol. The van der Waals surface area contributed by atoms with Crippen molar-refractivity contribution in [3.05, 3.63) is 78.1 Å². The number of benzene rings is 2. The van der Waals surface area contributed by atoms with E-state index in [-0.39, 0.29) is 11.5 Å². The number of halogens is 2. The predicted molar refractivity (Wildman–Crippen MR) is 111 cm³/mol. The van der Waals surface area contributed by atoms with Crippen molar-refractivity contribution in [2.24, 2.45) is 0 Å². The topological polar surface area (TPSA) is 66.6 Å². The number of fused-ring (bicyclic) bond motifs is 1. The molecule has 7 nitrogen and oxygen atoms in total. The Kier molecular flexibility index (Phi) is 4.78. The Balaban J connectivity index is 1.38. The molecule has 0 radical (unpaired) electrons. The molecular formula is C22H18F2N6O. The van der Waals surface area contributed by atoms with Crippen LogP contribution in [0.5, 0.6) is 0 Å². The van der Waals surface area contributed by atoms with Crippen LogP contribution in [0, 0.1) is 11.6 Å². The van der Waals surface area contributed by atoms with E-state index >= 15 is 0 Å². The van der Waals surface area contributed by atoms with Crippen LogP contribution < -0.4 is 4.90 Å². The normalized spacial score (nSPS) is 14.3. The molecule has 0 saturated carbocycles. The zero-order valence-electron chi connectivity index (χ0n) is 16.4. The molecule has 4 aromatic rings. The minimum absolute atomic E-state index is 0.140. The highest BCUT2D eigenvalue weighted by atomic mass is 19.2. The number of hydrogen-bond acceptors (Lipinski definition) is 5. The summed E-state index contributed by atoms with van der Waals surface area (Å²) in [7, 11) is 0. The molecule has 0 atom stereocenters. The van der Waals surface area contributed by atoms with Crippen molar-refractivity contribution in [3.8, 4) is 11.3 Å². The van der Waals surface area contributed by atoms with Crippen LogP contribution in [-0.4, -0.2) is 56.6 Å². The second-order valence-electron chi connectivity index (χ2n) is 7.25. The lowest BCUT2D eigenvalue weighted by Crippen LogP contribution is -2.49. The fourth-order valence-electron chi connectivity index (χ4n) is 3.73. The van der Waals surface area contributed by atoms with Crippen LogP contribution in [-0.2, 0) is 0 Å². The van der Waals surface area contributed by atoms with E-state index in [0.29, 0.717) is 32.0 Å². The molecule has 5 rings (SSSR count). The Morgan fingerprint density at radius 3 is 2.42 bits per heavy atom. The Morgan fingerprint density at radius 1 is 0.903 bits per heavy atom. The number of piperazine rings is 1. The van der Waals surface area contributed by atoms with Crippen LogP contribution in [0.3, 0.4) is 0 Å². The van der Waals surface area contributed by atoms with Crippen molar-refractivity contribution in [2.75, 3.05) is 31.1 Å². The third-order valence-electron chi connectivity index (χ3n) is 5.36. The molecule has 0 aliphatic carbocycles. The molecule has 1 aliphatic heterocycles. The quantitative estimate of drug-likeness (QED) is 0.510. The highest BCUT2D eigenvalue weighted by molar-refractivity contribution is 5.94. The van der Waals surface area contributed by atoms with Gasteiger partial charge in [0.1, 0.15) is 12.1 Å². The number of rotatable bonds is 3. The van der Waals surface area contributed by atoms with Gasteiger partial charge in [0.25, 0.3) is 11.7 Å². The van der Waals surface area contributed by atoms with E-state index in [1.807, 2.05) is 36.4 Å². The summed E-state index contributed by atoms with van der Waals surface area (Å²) in [5.74, 6) is -0.976. The average molecular weight is 420 g/mol.